The molecule has 54 heavy (non-hydrogen) atoms. The zero-order chi connectivity index (χ0) is 38.5. The van der Waals surface area contributed by atoms with Crippen LogP contribution in [0.3, 0.4) is 0 Å². The summed E-state index contributed by atoms with van der Waals surface area (Å²) in [6.45, 7) is 9.83. The highest BCUT2D eigenvalue weighted by Gasteiger charge is 2.55. The van der Waals surface area contributed by atoms with Crippen molar-refractivity contribution < 1.29 is 62.1 Å². The van der Waals surface area contributed by atoms with Crippen LogP contribution in [0.15, 0.2) is 28.4 Å². The predicted octanol–water partition coefficient (Wildman–Crippen LogP) is 4.72. The lowest BCUT2D eigenvalue weighted by molar-refractivity contribution is -0.339. The van der Waals surface area contributed by atoms with Gasteiger partial charge in [0.05, 0.1) is 55.1 Å². The summed E-state index contributed by atoms with van der Waals surface area (Å²) >= 11 is 0. The summed E-state index contributed by atoms with van der Waals surface area (Å²) < 4.78 is 61.0. The number of aliphatic hydroxyl groups is 2. The van der Waals surface area contributed by atoms with Gasteiger partial charge in [0.25, 0.3) is 0 Å². The van der Waals surface area contributed by atoms with Gasteiger partial charge in [0.15, 0.2) is 18.9 Å². The Kier molecular flexibility index (Phi) is 12.4. The fraction of sp³-hybridized carbons (Fsp3) is 0.829. The molecule has 2 N–H and O–H groups in total. The molecule has 0 spiro atoms. The monoisotopic (exact) mass is 762 g/mol. The summed E-state index contributed by atoms with van der Waals surface area (Å²) in [7, 11) is 4.88. The molecule has 6 aliphatic rings. The average molecular weight is 763 g/mol. The second kappa shape index (κ2) is 16.6. The van der Waals surface area contributed by atoms with E-state index in [1.54, 1.807) is 34.5 Å². The highest BCUT2D eigenvalue weighted by molar-refractivity contribution is 5.89. The normalized spacial score (nSPS) is 47.1. The van der Waals surface area contributed by atoms with Crippen molar-refractivity contribution in [1.29, 1.82) is 0 Å². The maximum Gasteiger partial charge on any atom is 0.161 e. The van der Waals surface area contributed by atoms with Gasteiger partial charge in [-0.25, -0.2) is 0 Å². The van der Waals surface area contributed by atoms with Gasteiger partial charge in [0, 0.05) is 58.0 Å². The van der Waals surface area contributed by atoms with E-state index in [9.17, 15) is 15.0 Å². The number of hydrogen-bond donors (Lipinski definition) is 2. The van der Waals surface area contributed by atoms with Crippen LogP contribution in [0.1, 0.15) is 96.3 Å². The Labute approximate surface area is 319 Å². The minimum Gasteiger partial charge on any atom is -0.469 e. The Morgan fingerprint density at radius 1 is 0.778 bits per heavy atom. The molecule has 1 aromatic rings. The largest absolute Gasteiger partial charge is 0.469 e. The first-order valence-corrected chi connectivity index (χ1v) is 20.0. The van der Waals surface area contributed by atoms with Crippen molar-refractivity contribution in [2.45, 2.75) is 178 Å². The minimum absolute atomic E-state index is 0.0551. The number of ether oxygens (including phenoxy) is 9. The van der Waals surface area contributed by atoms with Gasteiger partial charge in [-0.15, -0.1) is 0 Å². The lowest BCUT2D eigenvalue weighted by Gasteiger charge is -2.54. The zero-order valence-corrected chi connectivity index (χ0v) is 33.1. The molecule has 2 saturated carbocycles. The number of aryl methyl sites for hydroxylation is 1. The molecule has 7 rings (SSSR count). The second-order valence-electron chi connectivity index (χ2n) is 16.7. The molecule has 3 aliphatic carbocycles. The molecular formula is C41H62O13. The summed E-state index contributed by atoms with van der Waals surface area (Å²) in [6, 6.07) is 1.94. The number of carbonyl (C=O) groups is 1. The molecule has 13 nitrogen and oxygen atoms in total. The highest BCUT2D eigenvalue weighted by atomic mass is 16.7. The van der Waals surface area contributed by atoms with Crippen molar-refractivity contribution in [3.8, 4) is 0 Å². The topological polar surface area (TPSA) is 154 Å². The van der Waals surface area contributed by atoms with E-state index in [-0.39, 0.29) is 41.5 Å². The number of aliphatic hydroxyl groups excluding tert-OH is 2. The molecule has 0 aromatic carbocycles. The van der Waals surface area contributed by atoms with E-state index in [1.807, 2.05) is 26.8 Å². The smallest absolute Gasteiger partial charge is 0.161 e. The number of rotatable bonds is 10. The van der Waals surface area contributed by atoms with Crippen LogP contribution in [0.5, 0.6) is 0 Å². The maximum absolute atomic E-state index is 13.8. The molecule has 4 heterocycles. The van der Waals surface area contributed by atoms with E-state index < -0.39 is 67.7 Å². The molecular weight excluding hydrogens is 700 g/mol. The van der Waals surface area contributed by atoms with Crippen molar-refractivity contribution in [3.63, 3.8) is 0 Å². The molecule has 13 heteroatoms. The summed E-state index contributed by atoms with van der Waals surface area (Å²) in [4.78, 5) is 13.8. The van der Waals surface area contributed by atoms with Gasteiger partial charge >= 0.3 is 0 Å². The van der Waals surface area contributed by atoms with Crippen molar-refractivity contribution >= 4 is 5.78 Å². The van der Waals surface area contributed by atoms with Gasteiger partial charge in [-0.3, -0.25) is 4.79 Å². The molecule has 3 saturated heterocycles. The van der Waals surface area contributed by atoms with Crippen LogP contribution < -0.4 is 0 Å². The first kappa shape index (κ1) is 40.4. The maximum atomic E-state index is 13.8. The van der Waals surface area contributed by atoms with Crippen molar-refractivity contribution in [2.24, 2.45) is 17.3 Å². The highest BCUT2D eigenvalue weighted by Crippen LogP contribution is 2.58. The standard InChI is InChI=1S/C41H62O13/c1-20-25(13-14-48-20)26-11-12-28-27(38(26)44)10-9-24-15-30(29(42)19-41(24,28)5)52-34-17-32(46-7)39(22(3)50-34)54-36-18-33(47-8)40(23(4)51-36)53-35-16-31(45-6)37(43)21(2)49-35/h9,13-14,21-23,26-37,39-40,42-43H,10-12,15-19H2,1-8H3/t21-,22-,23+,26+,27-,28+,29-,30-,31+,32+,33+,34+,35+,36+,37-,39-,40-,41+/m1/s1. The fourth-order valence-corrected chi connectivity index (χ4v) is 10.6. The van der Waals surface area contributed by atoms with E-state index in [4.69, 9.17) is 47.0 Å². The quantitative estimate of drug-likeness (QED) is 0.317. The van der Waals surface area contributed by atoms with Crippen molar-refractivity contribution in [3.05, 3.63) is 35.3 Å². The van der Waals surface area contributed by atoms with Gasteiger partial charge in [-0.2, -0.15) is 0 Å². The zero-order valence-electron chi connectivity index (χ0n) is 33.1. The average Bonchev–Trinajstić information content (AvgIpc) is 3.57. The molecule has 1 aromatic heterocycles. The van der Waals surface area contributed by atoms with E-state index in [1.165, 1.54) is 5.57 Å². The molecule has 0 radical (unpaired) electrons. The summed E-state index contributed by atoms with van der Waals surface area (Å²) in [5, 5.41) is 22.0. The summed E-state index contributed by atoms with van der Waals surface area (Å²) in [5.74, 6) is 1.15. The second-order valence-corrected chi connectivity index (χ2v) is 16.7. The number of hydrogen-bond acceptors (Lipinski definition) is 13. The molecule has 0 unspecified atom stereocenters. The van der Waals surface area contributed by atoms with Crippen LogP contribution in [0, 0.1) is 24.2 Å². The van der Waals surface area contributed by atoms with Gasteiger partial charge < -0.3 is 57.3 Å². The number of Topliss-reactive ketones (excluding diaryl/α,β-unsaturated/α-hetero) is 1. The Balaban J connectivity index is 0.942. The molecule has 5 fully saturated rings. The minimum atomic E-state index is -0.730. The van der Waals surface area contributed by atoms with Gasteiger partial charge in [-0.05, 0) is 77.2 Å². The van der Waals surface area contributed by atoms with E-state index >= 15 is 0 Å². The first-order chi connectivity index (χ1) is 25.8. The Bertz CT molecular complexity index is 1460. The van der Waals surface area contributed by atoms with Crippen LogP contribution in [0.25, 0.3) is 0 Å². The molecule has 0 bridgehead atoms. The van der Waals surface area contributed by atoms with Crippen LogP contribution in [0.2, 0.25) is 0 Å². The Morgan fingerprint density at radius 3 is 1.93 bits per heavy atom. The van der Waals surface area contributed by atoms with Gasteiger partial charge in [0.2, 0.25) is 0 Å². The number of fused-ring (bicyclic) bond motifs is 3. The first-order valence-electron chi connectivity index (χ1n) is 20.0. The van der Waals surface area contributed by atoms with E-state index in [2.05, 4.69) is 13.0 Å². The number of carbonyl (C=O) groups excluding carboxylic acids is 1. The van der Waals surface area contributed by atoms with Crippen molar-refractivity contribution in [1.82, 2.24) is 0 Å². The fourth-order valence-electron chi connectivity index (χ4n) is 10.6. The summed E-state index contributed by atoms with van der Waals surface area (Å²) in [5.41, 5.74) is 2.03. The van der Waals surface area contributed by atoms with Crippen molar-refractivity contribution in [2.75, 3.05) is 21.3 Å². The third-order valence-corrected chi connectivity index (χ3v) is 13.6. The molecule has 0 amide bonds. The number of furan rings is 1. The Hall–Kier alpha value is -1.75. The predicted molar refractivity (Wildman–Crippen MR) is 193 cm³/mol. The third-order valence-electron chi connectivity index (χ3n) is 13.6. The Morgan fingerprint density at radius 2 is 1.35 bits per heavy atom. The van der Waals surface area contributed by atoms with Crippen LogP contribution >= 0.6 is 0 Å². The van der Waals surface area contributed by atoms with E-state index in [0.29, 0.717) is 37.9 Å². The summed E-state index contributed by atoms with van der Waals surface area (Å²) in [6.07, 6.45) is 1.97. The van der Waals surface area contributed by atoms with Crippen LogP contribution in [-0.2, 0) is 47.4 Å². The van der Waals surface area contributed by atoms with E-state index in [0.717, 1.165) is 30.6 Å². The van der Waals surface area contributed by atoms with Gasteiger partial charge in [-0.1, -0.05) is 18.6 Å². The molecule has 18 atom stereocenters. The number of allylic oxidation sites excluding steroid dienone is 1. The molecule has 3 aliphatic heterocycles. The van der Waals surface area contributed by atoms with Crippen LogP contribution in [-0.4, -0.2) is 123 Å². The van der Waals surface area contributed by atoms with Crippen LogP contribution in [0.4, 0.5) is 0 Å². The van der Waals surface area contributed by atoms with Gasteiger partial charge in [0.1, 0.15) is 29.9 Å². The lowest BCUT2D eigenvalue weighted by Crippen LogP contribution is -2.57. The lowest BCUT2D eigenvalue weighted by atomic mass is 9.51. The molecule has 304 valence electrons. The number of ketones is 1. The third kappa shape index (κ3) is 7.77. The SMILES string of the molecule is CO[C@H]1C[C@H](O[C@@H]2[C@H](C)O[C@@H](O[C@H]3[C@@H](OC)C[C@H](O[C@@H]4CC5=CC[C@H]6C(=O)[C@H](c7ccoc7C)CC[C@@H]6[C@@]5(C)C[C@H]4O)O[C@@H]3C)C[C@@H]2OC)O[C@H](C)[C@H]1O. The number of methoxy groups -OCH3 is 3.